The third-order valence-electron chi connectivity index (χ3n) is 3.04. The summed E-state index contributed by atoms with van der Waals surface area (Å²) < 4.78 is 5.22. The van der Waals surface area contributed by atoms with E-state index in [2.05, 4.69) is 9.88 Å². The molecule has 16 heavy (non-hydrogen) atoms. The fraction of sp³-hybridized carbons (Fsp3) is 0.583. The highest BCUT2D eigenvalue weighted by atomic mass is 16.5. The smallest absolute Gasteiger partial charge is 0.151 e. The van der Waals surface area contributed by atoms with Gasteiger partial charge in [0.05, 0.1) is 12.3 Å². The summed E-state index contributed by atoms with van der Waals surface area (Å²) in [6.07, 6.45) is 4.22. The van der Waals surface area contributed by atoms with E-state index in [9.17, 15) is 0 Å². The topological polar surface area (TPSA) is 51.4 Å². The second-order valence-electron chi connectivity index (χ2n) is 4.33. The zero-order valence-electron chi connectivity index (χ0n) is 9.72. The molecule has 0 radical (unpaired) electrons. The Balaban J connectivity index is 2.07. The largest absolute Gasteiger partial charge is 0.396 e. The van der Waals surface area contributed by atoms with Gasteiger partial charge in [-0.1, -0.05) is 0 Å². The molecule has 1 aromatic heterocycles. The van der Waals surface area contributed by atoms with Gasteiger partial charge >= 0.3 is 0 Å². The Morgan fingerprint density at radius 3 is 3.25 bits per heavy atom. The maximum absolute atomic E-state index is 5.94. The van der Waals surface area contributed by atoms with Gasteiger partial charge in [-0.15, -0.1) is 0 Å². The highest BCUT2D eigenvalue weighted by molar-refractivity contribution is 5.62. The summed E-state index contributed by atoms with van der Waals surface area (Å²) in [7, 11) is 1.76. The van der Waals surface area contributed by atoms with E-state index >= 15 is 0 Å². The first kappa shape index (κ1) is 11.2. The van der Waals surface area contributed by atoms with Crippen LogP contribution in [0.4, 0.5) is 11.5 Å². The zero-order chi connectivity index (χ0) is 11.4. The number of nitrogen functional groups attached to an aromatic ring is 1. The van der Waals surface area contributed by atoms with Crippen LogP contribution in [0.5, 0.6) is 0 Å². The van der Waals surface area contributed by atoms with Crippen molar-refractivity contribution in [3.63, 3.8) is 0 Å². The van der Waals surface area contributed by atoms with Crippen molar-refractivity contribution in [3.05, 3.63) is 18.3 Å². The molecule has 0 aromatic carbocycles. The van der Waals surface area contributed by atoms with Crippen molar-refractivity contribution >= 4 is 11.5 Å². The number of pyridine rings is 1. The van der Waals surface area contributed by atoms with Crippen LogP contribution >= 0.6 is 0 Å². The van der Waals surface area contributed by atoms with Crippen LogP contribution in [0.15, 0.2) is 18.3 Å². The van der Waals surface area contributed by atoms with E-state index in [0.29, 0.717) is 5.92 Å². The van der Waals surface area contributed by atoms with Crippen LogP contribution < -0.4 is 10.6 Å². The normalized spacial score (nSPS) is 21.1. The third kappa shape index (κ3) is 2.44. The Kier molecular flexibility index (Phi) is 3.62. The first-order valence-electron chi connectivity index (χ1n) is 5.75. The number of hydrogen-bond acceptors (Lipinski definition) is 4. The lowest BCUT2D eigenvalue weighted by atomic mass is 9.99. The molecule has 1 aromatic rings. The molecule has 1 aliphatic rings. The summed E-state index contributed by atoms with van der Waals surface area (Å²) in [6.45, 7) is 2.86. The van der Waals surface area contributed by atoms with Crippen molar-refractivity contribution in [2.24, 2.45) is 5.92 Å². The van der Waals surface area contributed by atoms with E-state index in [1.807, 2.05) is 12.1 Å². The lowest BCUT2D eigenvalue weighted by Gasteiger charge is -2.33. The van der Waals surface area contributed by atoms with Crippen molar-refractivity contribution in [1.29, 1.82) is 0 Å². The van der Waals surface area contributed by atoms with Crippen LogP contribution in [-0.4, -0.2) is 31.8 Å². The number of nitrogens with zero attached hydrogens (tertiary/aromatic N) is 2. The van der Waals surface area contributed by atoms with Crippen molar-refractivity contribution in [2.75, 3.05) is 37.4 Å². The molecule has 88 valence electrons. The van der Waals surface area contributed by atoms with Crippen molar-refractivity contribution in [2.45, 2.75) is 12.8 Å². The van der Waals surface area contributed by atoms with Crippen molar-refractivity contribution in [3.8, 4) is 0 Å². The van der Waals surface area contributed by atoms with Crippen LogP contribution in [0, 0.1) is 5.92 Å². The summed E-state index contributed by atoms with van der Waals surface area (Å²) in [5.41, 5.74) is 6.70. The molecule has 1 saturated heterocycles. The molecule has 0 amide bonds. The van der Waals surface area contributed by atoms with Crippen LogP contribution in [-0.2, 0) is 4.74 Å². The molecule has 1 aliphatic heterocycles. The molecule has 4 heteroatoms. The molecule has 2 heterocycles. The number of rotatable bonds is 3. The lowest BCUT2D eigenvalue weighted by molar-refractivity contribution is 0.143. The molecule has 0 bridgehead atoms. The summed E-state index contributed by atoms with van der Waals surface area (Å²) >= 11 is 0. The fourth-order valence-electron chi connectivity index (χ4n) is 2.30. The second-order valence-corrected chi connectivity index (χ2v) is 4.33. The second kappa shape index (κ2) is 5.16. The summed E-state index contributed by atoms with van der Waals surface area (Å²) in [5.74, 6) is 1.52. The van der Waals surface area contributed by atoms with Crippen LogP contribution in [0.2, 0.25) is 0 Å². The van der Waals surface area contributed by atoms with E-state index in [-0.39, 0.29) is 0 Å². The molecule has 0 aliphatic carbocycles. The maximum Gasteiger partial charge on any atom is 0.151 e. The van der Waals surface area contributed by atoms with Gasteiger partial charge < -0.3 is 15.4 Å². The first-order chi connectivity index (χ1) is 7.81. The van der Waals surface area contributed by atoms with Crippen molar-refractivity contribution in [1.82, 2.24) is 4.98 Å². The third-order valence-corrected chi connectivity index (χ3v) is 3.04. The van der Waals surface area contributed by atoms with Crippen LogP contribution in [0.1, 0.15) is 12.8 Å². The Labute approximate surface area is 96.4 Å². The monoisotopic (exact) mass is 221 g/mol. The molecule has 1 atom stereocenters. The number of aromatic nitrogens is 1. The summed E-state index contributed by atoms with van der Waals surface area (Å²) in [4.78, 5) is 6.62. The number of hydrogen-bond donors (Lipinski definition) is 1. The predicted molar refractivity (Wildman–Crippen MR) is 65.5 cm³/mol. The number of anilines is 2. The summed E-state index contributed by atoms with van der Waals surface area (Å²) in [5, 5.41) is 0. The van der Waals surface area contributed by atoms with Crippen LogP contribution in [0.3, 0.4) is 0 Å². The van der Waals surface area contributed by atoms with Gasteiger partial charge in [0.15, 0.2) is 5.82 Å². The molecule has 2 rings (SSSR count). The Bertz CT molecular complexity index is 341. The van der Waals surface area contributed by atoms with E-state index in [4.69, 9.17) is 10.5 Å². The SMILES string of the molecule is COC[C@@H]1CCCN(c2ncccc2N)C1. The Morgan fingerprint density at radius 1 is 1.62 bits per heavy atom. The summed E-state index contributed by atoms with van der Waals surface area (Å²) in [6, 6.07) is 3.78. The maximum atomic E-state index is 5.94. The zero-order valence-corrected chi connectivity index (χ0v) is 9.72. The highest BCUT2D eigenvalue weighted by Crippen LogP contribution is 2.25. The number of piperidine rings is 1. The minimum atomic E-state index is 0.597. The molecular weight excluding hydrogens is 202 g/mol. The predicted octanol–water partition coefficient (Wildman–Crippen LogP) is 1.53. The minimum absolute atomic E-state index is 0.597. The first-order valence-corrected chi connectivity index (χ1v) is 5.75. The van der Waals surface area contributed by atoms with E-state index in [0.717, 1.165) is 31.2 Å². The molecule has 0 saturated carbocycles. The molecule has 0 spiro atoms. The molecule has 1 fully saturated rings. The minimum Gasteiger partial charge on any atom is -0.396 e. The Morgan fingerprint density at radius 2 is 2.50 bits per heavy atom. The van der Waals surface area contributed by atoms with Gasteiger partial charge in [0, 0.05) is 26.4 Å². The van der Waals surface area contributed by atoms with E-state index in [1.54, 1.807) is 13.3 Å². The van der Waals surface area contributed by atoms with Gasteiger partial charge in [0.1, 0.15) is 0 Å². The van der Waals surface area contributed by atoms with E-state index in [1.165, 1.54) is 12.8 Å². The molecule has 2 N–H and O–H groups in total. The quantitative estimate of drug-likeness (QED) is 0.841. The van der Waals surface area contributed by atoms with Gasteiger partial charge in [0.2, 0.25) is 0 Å². The standard InChI is InChI=1S/C12H19N3O/c1-16-9-10-4-3-7-15(8-10)12-11(13)5-2-6-14-12/h2,5-6,10H,3-4,7-9,13H2,1H3/t10-/m1/s1. The molecule has 4 nitrogen and oxygen atoms in total. The number of methoxy groups -OCH3 is 1. The molecular formula is C12H19N3O. The van der Waals surface area contributed by atoms with Gasteiger partial charge in [-0.25, -0.2) is 4.98 Å². The van der Waals surface area contributed by atoms with Crippen LogP contribution in [0.25, 0.3) is 0 Å². The Hall–Kier alpha value is -1.29. The number of nitrogens with two attached hydrogens (primary N) is 1. The van der Waals surface area contributed by atoms with Gasteiger partial charge in [-0.2, -0.15) is 0 Å². The van der Waals surface area contributed by atoms with Gasteiger partial charge in [0.25, 0.3) is 0 Å². The van der Waals surface area contributed by atoms with Gasteiger partial charge in [-0.3, -0.25) is 0 Å². The van der Waals surface area contributed by atoms with Gasteiger partial charge in [-0.05, 0) is 30.9 Å². The fourth-order valence-corrected chi connectivity index (χ4v) is 2.30. The van der Waals surface area contributed by atoms with Crippen molar-refractivity contribution < 1.29 is 4.74 Å². The lowest BCUT2D eigenvalue weighted by Crippen LogP contribution is -2.37. The highest BCUT2D eigenvalue weighted by Gasteiger charge is 2.21. The van der Waals surface area contributed by atoms with E-state index < -0.39 is 0 Å². The molecule has 0 unspecified atom stereocenters. The number of ether oxygens (including phenoxy) is 1. The average Bonchev–Trinajstić information content (AvgIpc) is 2.30. The average molecular weight is 221 g/mol.